The van der Waals surface area contributed by atoms with Gasteiger partial charge in [-0.05, 0) is 19.4 Å². The molecule has 0 aromatic heterocycles. The number of ether oxygens (including phenoxy) is 2. The number of rotatable bonds is 1. The zero-order valence-electron chi connectivity index (χ0n) is 9.33. The largest absolute Gasteiger partial charge is 0.506 e. The molecule has 0 bridgehead atoms. The summed E-state index contributed by atoms with van der Waals surface area (Å²) in [5, 5.41) is 13.8. The van der Waals surface area contributed by atoms with Crippen LogP contribution in [0.1, 0.15) is 24.3 Å². The fourth-order valence-corrected chi connectivity index (χ4v) is 2.70. The molecule has 1 fully saturated rings. The van der Waals surface area contributed by atoms with Gasteiger partial charge in [-0.3, -0.25) is 0 Å². The minimum atomic E-state index is 0.129. The molecule has 2 aliphatic heterocycles. The van der Waals surface area contributed by atoms with E-state index in [2.05, 4.69) is 5.32 Å². The van der Waals surface area contributed by atoms with E-state index in [0.29, 0.717) is 16.5 Å². The number of benzene rings is 1. The quantitative estimate of drug-likeness (QED) is 0.808. The minimum Gasteiger partial charge on any atom is -0.506 e. The summed E-state index contributed by atoms with van der Waals surface area (Å²) in [6.45, 7) is 2.06. The fraction of sp³-hybridized carbons (Fsp3) is 0.500. The van der Waals surface area contributed by atoms with Gasteiger partial charge < -0.3 is 19.9 Å². The van der Waals surface area contributed by atoms with Gasteiger partial charge in [0.1, 0.15) is 5.75 Å². The van der Waals surface area contributed by atoms with Gasteiger partial charge in [0, 0.05) is 24.1 Å². The molecule has 1 atom stereocenters. The van der Waals surface area contributed by atoms with E-state index in [9.17, 15) is 5.11 Å². The Kier molecular flexibility index (Phi) is 2.76. The Morgan fingerprint density at radius 2 is 2.29 bits per heavy atom. The molecule has 1 aromatic rings. The summed E-state index contributed by atoms with van der Waals surface area (Å²) in [6, 6.07) is 1.61. The van der Waals surface area contributed by atoms with Crippen molar-refractivity contribution in [3.8, 4) is 17.2 Å². The average Bonchev–Trinajstić information content (AvgIpc) is 2.79. The molecule has 2 heterocycles. The Morgan fingerprint density at radius 1 is 1.41 bits per heavy atom. The van der Waals surface area contributed by atoms with Gasteiger partial charge in [0.2, 0.25) is 6.79 Å². The van der Waals surface area contributed by atoms with E-state index < -0.39 is 0 Å². The van der Waals surface area contributed by atoms with Crippen LogP contribution in [0.25, 0.3) is 0 Å². The van der Waals surface area contributed by atoms with E-state index in [-0.39, 0.29) is 18.5 Å². The number of nitrogens with one attached hydrogen (secondary N) is 1. The average molecular weight is 256 g/mol. The second kappa shape index (κ2) is 4.27. The molecule has 92 valence electrons. The van der Waals surface area contributed by atoms with Crippen LogP contribution in [0.15, 0.2) is 6.07 Å². The second-order valence-electron chi connectivity index (χ2n) is 4.40. The van der Waals surface area contributed by atoms with Crippen LogP contribution in [0.3, 0.4) is 0 Å². The summed E-state index contributed by atoms with van der Waals surface area (Å²) in [5.74, 6) is 1.65. The molecule has 1 aromatic carbocycles. The first kappa shape index (κ1) is 11.0. The van der Waals surface area contributed by atoms with Crippen LogP contribution in [0.5, 0.6) is 17.2 Å². The highest BCUT2D eigenvalue weighted by atomic mass is 35.5. The molecule has 1 saturated heterocycles. The molecule has 5 heteroatoms. The lowest BCUT2D eigenvalue weighted by molar-refractivity contribution is 0.172. The SMILES string of the molecule is Oc1c(Cl)cc2c(c1C1CCCNC1)OCO2. The molecule has 2 N–H and O–H groups in total. The maximum atomic E-state index is 10.1. The highest BCUT2D eigenvalue weighted by Gasteiger charge is 2.29. The molecule has 0 spiro atoms. The third-order valence-corrected chi connectivity index (χ3v) is 3.62. The zero-order valence-corrected chi connectivity index (χ0v) is 10.1. The van der Waals surface area contributed by atoms with Gasteiger partial charge >= 0.3 is 0 Å². The summed E-state index contributed by atoms with van der Waals surface area (Å²) in [5.41, 5.74) is 0.789. The monoisotopic (exact) mass is 255 g/mol. The molecule has 1 unspecified atom stereocenters. The van der Waals surface area contributed by atoms with Gasteiger partial charge in [-0.1, -0.05) is 11.6 Å². The van der Waals surface area contributed by atoms with Crippen LogP contribution in [0.4, 0.5) is 0 Å². The number of phenolic OH excluding ortho intramolecular Hbond substituents is 1. The van der Waals surface area contributed by atoms with Crippen LogP contribution in [0, 0.1) is 0 Å². The van der Waals surface area contributed by atoms with Crippen LogP contribution < -0.4 is 14.8 Å². The zero-order chi connectivity index (χ0) is 11.8. The van der Waals surface area contributed by atoms with E-state index >= 15 is 0 Å². The van der Waals surface area contributed by atoms with Crippen molar-refractivity contribution in [1.82, 2.24) is 5.32 Å². The molecular weight excluding hydrogens is 242 g/mol. The first-order chi connectivity index (χ1) is 8.27. The summed E-state index contributed by atoms with van der Waals surface area (Å²) in [4.78, 5) is 0. The van der Waals surface area contributed by atoms with Crippen molar-refractivity contribution in [1.29, 1.82) is 0 Å². The topological polar surface area (TPSA) is 50.7 Å². The third kappa shape index (κ3) is 1.81. The minimum absolute atomic E-state index is 0.129. The Balaban J connectivity index is 2.07. The number of piperidine rings is 1. The molecule has 0 aliphatic carbocycles. The van der Waals surface area contributed by atoms with E-state index in [4.69, 9.17) is 21.1 Å². The fourth-order valence-electron chi connectivity index (χ4n) is 2.50. The van der Waals surface area contributed by atoms with Crippen molar-refractivity contribution in [2.24, 2.45) is 0 Å². The molecule has 3 rings (SSSR count). The van der Waals surface area contributed by atoms with E-state index in [1.807, 2.05) is 0 Å². The highest BCUT2D eigenvalue weighted by Crippen LogP contribution is 2.49. The van der Waals surface area contributed by atoms with Crippen LogP contribution in [-0.4, -0.2) is 25.0 Å². The van der Waals surface area contributed by atoms with Crippen molar-refractivity contribution in [3.05, 3.63) is 16.7 Å². The van der Waals surface area contributed by atoms with E-state index in [1.54, 1.807) is 6.07 Å². The lowest BCUT2D eigenvalue weighted by Crippen LogP contribution is -2.28. The molecular formula is C12H14ClNO3. The van der Waals surface area contributed by atoms with Gasteiger partial charge in [0.25, 0.3) is 0 Å². The summed E-state index contributed by atoms with van der Waals surface area (Å²) in [6.07, 6.45) is 2.11. The Hall–Kier alpha value is -1.13. The lowest BCUT2D eigenvalue weighted by atomic mass is 9.90. The number of halogens is 1. The number of fused-ring (bicyclic) bond motifs is 1. The molecule has 0 saturated carbocycles. The van der Waals surface area contributed by atoms with Crippen molar-refractivity contribution in [2.75, 3.05) is 19.9 Å². The molecule has 2 aliphatic rings. The third-order valence-electron chi connectivity index (χ3n) is 3.33. The van der Waals surface area contributed by atoms with E-state index in [0.717, 1.165) is 31.5 Å². The molecule has 0 radical (unpaired) electrons. The molecule has 4 nitrogen and oxygen atoms in total. The predicted octanol–water partition coefficient (Wildman–Crippen LogP) is 2.24. The van der Waals surface area contributed by atoms with Crippen molar-refractivity contribution >= 4 is 11.6 Å². The second-order valence-corrected chi connectivity index (χ2v) is 4.80. The normalized spacial score (nSPS) is 22.8. The van der Waals surface area contributed by atoms with Crippen molar-refractivity contribution < 1.29 is 14.6 Å². The smallest absolute Gasteiger partial charge is 0.231 e. The maximum absolute atomic E-state index is 10.1. The Morgan fingerprint density at radius 3 is 3.06 bits per heavy atom. The highest BCUT2D eigenvalue weighted by molar-refractivity contribution is 6.32. The lowest BCUT2D eigenvalue weighted by Gasteiger charge is -2.25. The first-order valence-electron chi connectivity index (χ1n) is 5.79. The van der Waals surface area contributed by atoms with Gasteiger partial charge in [0.05, 0.1) is 5.02 Å². The maximum Gasteiger partial charge on any atom is 0.231 e. The molecule has 0 amide bonds. The molecule has 17 heavy (non-hydrogen) atoms. The Labute approximate surface area is 104 Å². The summed E-state index contributed by atoms with van der Waals surface area (Å²) < 4.78 is 10.8. The van der Waals surface area contributed by atoms with E-state index in [1.165, 1.54) is 0 Å². The summed E-state index contributed by atoms with van der Waals surface area (Å²) >= 11 is 6.01. The van der Waals surface area contributed by atoms with Gasteiger partial charge in [-0.2, -0.15) is 0 Å². The van der Waals surface area contributed by atoms with Crippen LogP contribution in [0.2, 0.25) is 5.02 Å². The number of aromatic hydroxyl groups is 1. The van der Waals surface area contributed by atoms with Crippen molar-refractivity contribution in [2.45, 2.75) is 18.8 Å². The van der Waals surface area contributed by atoms with Gasteiger partial charge in [-0.25, -0.2) is 0 Å². The van der Waals surface area contributed by atoms with Gasteiger partial charge in [0.15, 0.2) is 11.5 Å². The number of hydrogen-bond donors (Lipinski definition) is 2. The van der Waals surface area contributed by atoms with Crippen LogP contribution in [-0.2, 0) is 0 Å². The standard InChI is InChI=1S/C12H14ClNO3/c13-8-4-9-12(17-6-16-9)10(11(8)15)7-2-1-3-14-5-7/h4,7,14-15H,1-3,5-6H2. The van der Waals surface area contributed by atoms with Crippen LogP contribution >= 0.6 is 11.6 Å². The number of hydrogen-bond acceptors (Lipinski definition) is 4. The Bertz CT molecular complexity index is 444. The summed E-state index contributed by atoms with van der Waals surface area (Å²) in [7, 11) is 0. The number of phenols is 1. The van der Waals surface area contributed by atoms with Crippen molar-refractivity contribution in [3.63, 3.8) is 0 Å². The predicted molar refractivity (Wildman–Crippen MR) is 64.1 cm³/mol. The first-order valence-corrected chi connectivity index (χ1v) is 6.17. The van der Waals surface area contributed by atoms with Gasteiger partial charge in [-0.15, -0.1) is 0 Å².